The second-order valence-corrected chi connectivity index (χ2v) is 10.8. The smallest absolute Gasteiger partial charge is 0.320 e. The molecule has 0 radical (unpaired) electrons. The van der Waals surface area contributed by atoms with Crippen LogP contribution in [-0.4, -0.2) is 75.3 Å². The van der Waals surface area contributed by atoms with Crippen molar-refractivity contribution in [2.45, 2.75) is 26.5 Å². The predicted molar refractivity (Wildman–Crippen MR) is 161 cm³/mol. The average molecular weight is 614 g/mol. The van der Waals surface area contributed by atoms with Gasteiger partial charge in [0.1, 0.15) is 17.7 Å². The Morgan fingerprint density at radius 3 is 2.52 bits per heavy atom. The van der Waals surface area contributed by atoms with Gasteiger partial charge in [-0.05, 0) is 44.2 Å². The van der Waals surface area contributed by atoms with Gasteiger partial charge in [-0.25, -0.2) is 4.39 Å². The van der Waals surface area contributed by atoms with Crippen molar-refractivity contribution in [3.8, 4) is 5.75 Å². The van der Waals surface area contributed by atoms with Gasteiger partial charge in [0.2, 0.25) is 0 Å². The van der Waals surface area contributed by atoms with Gasteiger partial charge in [-0.2, -0.15) is 5.10 Å². The first-order chi connectivity index (χ1) is 20.3. The summed E-state index contributed by atoms with van der Waals surface area (Å²) in [6.45, 7) is 8.20. The van der Waals surface area contributed by atoms with Crippen LogP contribution in [0.2, 0.25) is 10.0 Å². The molecule has 1 saturated heterocycles. The normalized spacial score (nSPS) is 15.6. The maximum atomic E-state index is 15.3. The van der Waals surface area contributed by atoms with E-state index in [4.69, 9.17) is 32.7 Å². The first-order valence-corrected chi connectivity index (χ1v) is 14.4. The Labute approximate surface area is 253 Å². The van der Waals surface area contributed by atoms with E-state index in [0.29, 0.717) is 57.7 Å². The molecular weight excluding hydrogens is 582 g/mol. The molecule has 3 aromatic heterocycles. The van der Waals surface area contributed by atoms with Crippen LogP contribution in [0.3, 0.4) is 0 Å². The Bertz CT molecular complexity index is 1550. The van der Waals surface area contributed by atoms with Crippen LogP contribution in [-0.2, 0) is 16.1 Å². The van der Waals surface area contributed by atoms with Crippen LogP contribution in [0.25, 0.3) is 22.8 Å². The van der Waals surface area contributed by atoms with Crippen LogP contribution in [0.5, 0.6) is 5.75 Å². The Morgan fingerprint density at radius 1 is 1.10 bits per heavy atom. The lowest BCUT2D eigenvalue weighted by Gasteiger charge is -2.33. The Balaban J connectivity index is 1.22. The summed E-state index contributed by atoms with van der Waals surface area (Å²) in [5, 5.41) is 8.75. The molecular formula is C30H31Cl2FN6O3. The molecule has 0 bridgehead atoms. The van der Waals surface area contributed by atoms with E-state index < -0.39 is 11.9 Å². The number of H-pyrrole nitrogens is 1. The van der Waals surface area contributed by atoms with E-state index in [9.17, 15) is 4.79 Å². The molecule has 0 aliphatic carbocycles. The molecule has 1 aliphatic rings. The number of carbonyl (C=O) groups is 1. The van der Waals surface area contributed by atoms with Gasteiger partial charge in [-0.3, -0.25) is 29.7 Å². The van der Waals surface area contributed by atoms with E-state index >= 15 is 4.39 Å². The largest absolute Gasteiger partial charge is 0.486 e. The molecule has 4 heterocycles. The minimum Gasteiger partial charge on any atom is -0.486 e. The summed E-state index contributed by atoms with van der Waals surface area (Å²) in [6, 6.07) is 8.97. The quantitative estimate of drug-likeness (QED) is 0.220. The van der Waals surface area contributed by atoms with Crippen LogP contribution in [0.4, 0.5) is 4.39 Å². The number of halogens is 3. The lowest BCUT2D eigenvalue weighted by atomic mass is 10.1. The fourth-order valence-corrected chi connectivity index (χ4v) is 5.53. The van der Waals surface area contributed by atoms with Crippen LogP contribution in [0.1, 0.15) is 42.5 Å². The molecule has 0 amide bonds. The molecule has 9 nitrogen and oxygen atoms in total. The van der Waals surface area contributed by atoms with Crippen molar-refractivity contribution < 1.29 is 18.7 Å². The topological polar surface area (TPSA) is 96.5 Å². The molecule has 0 saturated carbocycles. The summed E-state index contributed by atoms with van der Waals surface area (Å²) in [6.07, 6.45) is 5.51. The number of nitrogens with one attached hydrogen (secondary N) is 1. The standard InChI is InChI=1S/C30H31Cl2FN6O3/c1-3-41-29(40)18-39-10-8-38(9-11-39)17-21-5-4-20(14-35-21)26(33)13-28-23-12-22(6-7-27(23)36-37-28)42-19(2)30-24(31)15-34-16-25(30)32/h4-7,12-16,19H,3,8-11,17-18H2,1-2H3,(H,36,37)/b26-13-/t19-/m1/s1. The lowest BCUT2D eigenvalue weighted by Crippen LogP contribution is -2.47. The molecule has 12 heteroatoms. The van der Waals surface area contributed by atoms with Crippen LogP contribution < -0.4 is 4.74 Å². The van der Waals surface area contributed by atoms with Gasteiger partial charge in [0.25, 0.3) is 0 Å². The predicted octanol–water partition coefficient (Wildman–Crippen LogP) is 5.95. The third kappa shape index (κ3) is 7.25. The second kappa shape index (κ2) is 13.6. The minimum atomic E-state index is -0.454. The second-order valence-electron chi connectivity index (χ2n) is 9.98. The van der Waals surface area contributed by atoms with Crippen LogP contribution in [0, 0.1) is 0 Å². The summed E-state index contributed by atoms with van der Waals surface area (Å²) < 4.78 is 26.4. The van der Waals surface area contributed by atoms with Crippen molar-refractivity contribution in [1.82, 2.24) is 30.0 Å². The van der Waals surface area contributed by atoms with Gasteiger partial charge < -0.3 is 9.47 Å². The maximum absolute atomic E-state index is 15.3. The molecule has 0 spiro atoms. The number of aromatic amines is 1. The first-order valence-electron chi connectivity index (χ1n) is 13.7. The van der Waals surface area contributed by atoms with Gasteiger partial charge in [0, 0.05) is 73.9 Å². The number of hydrogen-bond acceptors (Lipinski definition) is 8. The zero-order chi connectivity index (χ0) is 29.6. The number of carbonyl (C=O) groups excluding carboxylic acids is 1. The molecule has 42 heavy (non-hydrogen) atoms. The van der Waals surface area contributed by atoms with Gasteiger partial charge >= 0.3 is 5.97 Å². The fraction of sp³-hybridized carbons (Fsp3) is 0.333. The van der Waals surface area contributed by atoms with Gasteiger partial charge in [-0.15, -0.1) is 0 Å². The molecule has 1 fully saturated rings. The highest BCUT2D eigenvalue weighted by Gasteiger charge is 2.20. The summed E-state index contributed by atoms with van der Waals surface area (Å²) in [7, 11) is 0. The van der Waals surface area contributed by atoms with Crippen molar-refractivity contribution in [1.29, 1.82) is 0 Å². The highest BCUT2D eigenvalue weighted by molar-refractivity contribution is 6.35. The van der Waals surface area contributed by atoms with Crippen molar-refractivity contribution in [3.63, 3.8) is 0 Å². The summed E-state index contributed by atoms with van der Waals surface area (Å²) in [5.41, 5.74) is 3.02. The number of nitrogens with zero attached hydrogens (tertiary/aromatic N) is 5. The first kappa shape index (κ1) is 29.9. The Morgan fingerprint density at radius 2 is 1.83 bits per heavy atom. The monoisotopic (exact) mass is 612 g/mol. The van der Waals surface area contributed by atoms with Crippen molar-refractivity contribution in [2.24, 2.45) is 0 Å². The zero-order valence-electron chi connectivity index (χ0n) is 23.3. The van der Waals surface area contributed by atoms with E-state index in [1.165, 1.54) is 24.7 Å². The number of rotatable bonds is 10. The fourth-order valence-electron chi connectivity index (χ4n) is 4.86. The average Bonchev–Trinajstić information content (AvgIpc) is 3.36. The van der Waals surface area contributed by atoms with Gasteiger partial charge in [-0.1, -0.05) is 23.2 Å². The van der Waals surface area contributed by atoms with Crippen LogP contribution in [0.15, 0.2) is 48.9 Å². The van der Waals surface area contributed by atoms with Crippen molar-refractivity contribution in [3.05, 3.63) is 81.5 Å². The highest BCUT2D eigenvalue weighted by Crippen LogP contribution is 2.34. The molecule has 0 unspecified atom stereocenters. The van der Waals surface area contributed by atoms with Gasteiger partial charge in [0.05, 0.1) is 40.1 Å². The maximum Gasteiger partial charge on any atom is 0.320 e. The van der Waals surface area contributed by atoms with E-state index in [0.717, 1.165) is 37.4 Å². The number of piperazine rings is 1. The summed E-state index contributed by atoms with van der Waals surface area (Å²) >= 11 is 12.6. The number of esters is 1. The zero-order valence-corrected chi connectivity index (χ0v) is 24.8. The molecule has 1 atom stereocenters. The number of aromatic nitrogens is 4. The molecule has 1 aromatic carbocycles. The number of benzene rings is 1. The van der Waals surface area contributed by atoms with E-state index in [-0.39, 0.29) is 5.97 Å². The highest BCUT2D eigenvalue weighted by atomic mass is 35.5. The number of fused-ring (bicyclic) bond motifs is 1. The third-order valence-electron chi connectivity index (χ3n) is 7.05. The summed E-state index contributed by atoms with van der Waals surface area (Å²) in [5.74, 6) is -0.0885. The number of pyridine rings is 2. The molecule has 4 aromatic rings. The van der Waals surface area contributed by atoms with Gasteiger partial charge in [0.15, 0.2) is 0 Å². The van der Waals surface area contributed by atoms with Crippen LogP contribution >= 0.6 is 23.2 Å². The molecule has 1 aliphatic heterocycles. The minimum absolute atomic E-state index is 0.193. The SMILES string of the molecule is CCOC(=O)CN1CCN(Cc2ccc(/C(F)=C/c3n[nH]c4ccc(O[C@H](C)c5c(Cl)cncc5Cl)cc34)cn2)CC1. The molecule has 5 rings (SSSR count). The lowest BCUT2D eigenvalue weighted by molar-refractivity contribution is -0.144. The van der Waals surface area contributed by atoms with Crippen molar-refractivity contribution in [2.75, 3.05) is 39.3 Å². The Hall–Kier alpha value is -3.57. The van der Waals surface area contributed by atoms with E-state index in [1.54, 1.807) is 25.1 Å². The third-order valence-corrected chi connectivity index (χ3v) is 7.65. The molecule has 220 valence electrons. The van der Waals surface area contributed by atoms with E-state index in [2.05, 4.69) is 30.0 Å². The molecule has 1 N–H and O–H groups in total. The summed E-state index contributed by atoms with van der Waals surface area (Å²) in [4.78, 5) is 24.5. The van der Waals surface area contributed by atoms with E-state index in [1.807, 2.05) is 19.1 Å². The number of hydrogen-bond donors (Lipinski definition) is 1. The van der Waals surface area contributed by atoms with Crippen molar-refractivity contribution >= 4 is 52.0 Å². The Kier molecular flexibility index (Phi) is 9.69. The number of ether oxygens (including phenoxy) is 2.